The number of anilines is 1. The van der Waals surface area contributed by atoms with Crippen molar-refractivity contribution >= 4 is 34.7 Å². The van der Waals surface area contributed by atoms with Crippen molar-refractivity contribution in [2.45, 2.75) is 0 Å². The smallest absolute Gasteiger partial charge is 0.198 e. The molecule has 0 aliphatic heterocycles. The molecule has 0 aliphatic carbocycles. The number of rotatable bonds is 2. The Hall–Kier alpha value is -1.71. The molecule has 5 heteroatoms. The predicted octanol–water partition coefficient (Wildman–Crippen LogP) is 3.51. The number of aromatic hydroxyl groups is 1. The predicted molar refractivity (Wildman–Crippen MR) is 72.4 cm³/mol. The van der Waals surface area contributed by atoms with Gasteiger partial charge in [0.05, 0.1) is 10.6 Å². The molecule has 0 bridgehead atoms. The Labute approximate surface area is 114 Å². The van der Waals surface area contributed by atoms with Crippen LogP contribution in [0.15, 0.2) is 36.4 Å². The van der Waals surface area contributed by atoms with E-state index in [1.165, 1.54) is 12.1 Å². The molecule has 18 heavy (non-hydrogen) atoms. The summed E-state index contributed by atoms with van der Waals surface area (Å²) in [5.74, 6) is -0.718. The largest absolute Gasteiger partial charge is 0.506 e. The number of nitrogens with two attached hydrogens (primary N) is 1. The number of phenolic OH excluding ortho intramolecular Hbond substituents is 1. The molecule has 92 valence electrons. The molecular formula is C13H9Cl2NO2. The van der Waals surface area contributed by atoms with E-state index in [1.54, 1.807) is 24.3 Å². The number of benzene rings is 2. The lowest BCUT2D eigenvalue weighted by Crippen LogP contribution is -2.05. The molecule has 0 spiro atoms. The Morgan fingerprint density at radius 3 is 2.44 bits per heavy atom. The van der Waals surface area contributed by atoms with Gasteiger partial charge in [-0.3, -0.25) is 4.79 Å². The lowest BCUT2D eigenvalue weighted by molar-refractivity contribution is 0.103. The topological polar surface area (TPSA) is 63.3 Å². The quantitative estimate of drug-likeness (QED) is 0.654. The molecule has 2 rings (SSSR count). The maximum absolute atomic E-state index is 12.2. The monoisotopic (exact) mass is 281 g/mol. The molecule has 0 atom stereocenters. The van der Waals surface area contributed by atoms with E-state index < -0.39 is 5.78 Å². The average molecular weight is 282 g/mol. The summed E-state index contributed by atoms with van der Waals surface area (Å²) in [6.07, 6.45) is 0. The summed E-state index contributed by atoms with van der Waals surface area (Å²) in [6.45, 7) is 0. The van der Waals surface area contributed by atoms with Gasteiger partial charge in [-0.1, -0.05) is 35.3 Å². The minimum atomic E-state index is -0.421. The van der Waals surface area contributed by atoms with Gasteiger partial charge < -0.3 is 10.8 Å². The number of halogens is 2. The van der Waals surface area contributed by atoms with Gasteiger partial charge in [-0.15, -0.1) is 0 Å². The highest BCUT2D eigenvalue weighted by molar-refractivity contribution is 6.36. The first-order valence-corrected chi connectivity index (χ1v) is 5.83. The number of carbonyl (C=O) groups excluding carboxylic acids is 1. The second-order valence-electron chi connectivity index (χ2n) is 3.70. The van der Waals surface area contributed by atoms with Crippen LogP contribution in [0.2, 0.25) is 10.0 Å². The van der Waals surface area contributed by atoms with E-state index in [1.807, 2.05) is 0 Å². The van der Waals surface area contributed by atoms with Gasteiger partial charge in [0.25, 0.3) is 0 Å². The molecule has 0 aromatic heterocycles. The number of hydrogen-bond acceptors (Lipinski definition) is 3. The molecule has 0 saturated heterocycles. The summed E-state index contributed by atoms with van der Waals surface area (Å²) in [4.78, 5) is 12.2. The second-order valence-corrected chi connectivity index (χ2v) is 4.54. The first-order chi connectivity index (χ1) is 8.50. The highest BCUT2D eigenvalue weighted by Gasteiger charge is 2.18. The van der Waals surface area contributed by atoms with Crippen LogP contribution in [0.1, 0.15) is 15.9 Å². The molecule has 0 unspecified atom stereocenters. The lowest BCUT2D eigenvalue weighted by Gasteiger charge is -2.08. The fourth-order valence-corrected chi connectivity index (χ4v) is 2.08. The fraction of sp³-hybridized carbons (Fsp3) is 0. The minimum absolute atomic E-state index is 0.0281. The van der Waals surface area contributed by atoms with E-state index in [2.05, 4.69) is 0 Å². The molecule has 0 fully saturated rings. The minimum Gasteiger partial charge on any atom is -0.506 e. The number of carbonyl (C=O) groups is 1. The van der Waals surface area contributed by atoms with Crippen molar-refractivity contribution < 1.29 is 9.90 Å². The van der Waals surface area contributed by atoms with Crippen LogP contribution in [0.4, 0.5) is 5.69 Å². The van der Waals surface area contributed by atoms with Crippen molar-refractivity contribution in [3.8, 4) is 5.75 Å². The van der Waals surface area contributed by atoms with Crippen LogP contribution in [0, 0.1) is 0 Å². The summed E-state index contributed by atoms with van der Waals surface area (Å²) in [7, 11) is 0. The average Bonchev–Trinajstić information content (AvgIpc) is 2.33. The van der Waals surface area contributed by atoms with E-state index >= 15 is 0 Å². The van der Waals surface area contributed by atoms with E-state index in [0.717, 1.165) is 0 Å². The highest BCUT2D eigenvalue weighted by Crippen LogP contribution is 2.33. The Balaban J connectivity index is 2.57. The van der Waals surface area contributed by atoms with Gasteiger partial charge in [-0.25, -0.2) is 0 Å². The van der Waals surface area contributed by atoms with Gasteiger partial charge >= 0.3 is 0 Å². The van der Waals surface area contributed by atoms with Crippen LogP contribution >= 0.6 is 23.2 Å². The summed E-state index contributed by atoms with van der Waals surface area (Å²) in [6, 6.07) is 9.31. The summed E-state index contributed by atoms with van der Waals surface area (Å²) >= 11 is 11.6. The van der Waals surface area contributed by atoms with Crippen LogP contribution in [-0.2, 0) is 0 Å². The van der Waals surface area contributed by atoms with Crippen molar-refractivity contribution in [1.82, 2.24) is 0 Å². The Bertz CT molecular complexity index is 626. The number of nitrogen functional groups attached to an aromatic ring is 1. The van der Waals surface area contributed by atoms with Crippen molar-refractivity contribution in [2.75, 3.05) is 5.73 Å². The van der Waals surface area contributed by atoms with Crippen LogP contribution in [0.3, 0.4) is 0 Å². The van der Waals surface area contributed by atoms with Gasteiger partial charge in [0.2, 0.25) is 0 Å². The third kappa shape index (κ3) is 2.28. The highest BCUT2D eigenvalue weighted by atomic mass is 35.5. The molecule has 2 aromatic rings. The molecule has 0 heterocycles. The van der Waals surface area contributed by atoms with E-state index in [-0.39, 0.29) is 21.4 Å². The molecule has 0 aliphatic rings. The van der Waals surface area contributed by atoms with Crippen molar-refractivity contribution in [2.24, 2.45) is 0 Å². The van der Waals surface area contributed by atoms with Gasteiger partial charge in [0.15, 0.2) is 5.78 Å². The Morgan fingerprint density at radius 1 is 1.11 bits per heavy atom. The number of ketones is 1. The first-order valence-electron chi connectivity index (χ1n) is 5.08. The third-order valence-corrected chi connectivity index (χ3v) is 2.98. The van der Waals surface area contributed by atoms with Crippen LogP contribution < -0.4 is 5.73 Å². The normalized spacial score (nSPS) is 10.3. The van der Waals surface area contributed by atoms with E-state index in [0.29, 0.717) is 11.3 Å². The molecule has 0 radical (unpaired) electrons. The Kier molecular flexibility index (Phi) is 3.45. The van der Waals surface area contributed by atoms with Crippen LogP contribution in [-0.4, -0.2) is 10.9 Å². The van der Waals surface area contributed by atoms with E-state index in [4.69, 9.17) is 28.9 Å². The molecule has 3 N–H and O–H groups in total. The molecule has 2 aromatic carbocycles. The van der Waals surface area contributed by atoms with E-state index in [9.17, 15) is 9.90 Å². The lowest BCUT2D eigenvalue weighted by atomic mass is 10.0. The standard InChI is InChI=1S/C13H9Cl2NO2/c14-7-5-9(13(18)10(15)6-7)12(17)8-3-1-2-4-11(8)16/h1-6,18H,16H2. The van der Waals surface area contributed by atoms with Crippen LogP contribution in [0.25, 0.3) is 0 Å². The molecule has 0 saturated carbocycles. The summed E-state index contributed by atoms with van der Waals surface area (Å²) in [5, 5.41) is 10.1. The summed E-state index contributed by atoms with van der Waals surface area (Å²) < 4.78 is 0. The molecule has 3 nitrogen and oxygen atoms in total. The van der Waals surface area contributed by atoms with Gasteiger partial charge in [0, 0.05) is 16.3 Å². The van der Waals surface area contributed by atoms with Gasteiger partial charge in [0.1, 0.15) is 5.75 Å². The molecule has 0 amide bonds. The third-order valence-electron chi connectivity index (χ3n) is 2.48. The number of hydrogen-bond donors (Lipinski definition) is 2. The van der Waals surface area contributed by atoms with Crippen molar-refractivity contribution in [3.05, 3.63) is 57.6 Å². The van der Waals surface area contributed by atoms with Gasteiger partial charge in [-0.05, 0) is 24.3 Å². The zero-order valence-electron chi connectivity index (χ0n) is 9.15. The second kappa shape index (κ2) is 4.88. The maximum atomic E-state index is 12.2. The molecular weight excluding hydrogens is 273 g/mol. The van der Waals surface area contributed by atoms with Gasteiger partial charge in [-0.2, -0.15) is 0 Å². The zero-order valence-corrected chi connectivity index (χ0v) is 10.7. The summed E-state index contributed by atoms with van der Waals surface area (Å²) in [5.41, 5.74) is 6.38. The van der Waals surface area contributed by atoms with Crippen molar-refractivity contribution in [1.29, 1.82) is 0 Å². The maximum Gasteiger partial charge on any atom is 0.198 e. The zero-order chi connectivity index (χ0) is 13.3. The first kappa shape index (κ1) is 12.7. The SMILES string of the molecule is Nc1ccccc1C(=O)c1cc(Cl)cc(Cl)c1O. The fourth-order valence-electron chi connectivity index (χ4n) is 1.59. The van der Waals surface area contributed by atoms with Crippen molar-refractivity contribution in [3.63, 3.8) is 0 Å². The number of phenols is 1. The van der Waals surface area contributed by atoms with Crippen LogP contribution in [0.5, 0.6) is 5.75 Å². The Morgan fingerprint density at radius 2 is 1.78 bits per heavy atom. The number of para-hydroxylation sites is 1.